The summed E-state index contributed by atoms with van der Waals surface area (Å²) in [5.74, 6) is 0. The van der Waals surface area contributed by atoms with Gasteiger partial charge in [0.1, 0.15) is 22.6 Å². The molecular weight excluding hydrogens is 303 g/mol. The van der Waals surface area contributed by atoms with Crippen LogP contribution in [0.15, 0.2) is 0 Å². The minimum atomic E-state index is -1.35. The minimum Gasteiger partial charge on any atom is -0.0353 e. The second-order valence-corrected chi connectivity index (χ2v) is 20.2. The maximum atomic E-state index is 4.26. The molecule has 0 aromatic heterocycles. The van der Waals surface area contributed by atoms with Crippen molar-refractivity contribution in [3.63, 3.8) is 0 Å². The summed E-state index contributed by atoms with van der Waals surface area (Å²) in [4.78, 5) is 12.5. The number of rotatable bonds is 4. The van der Waals surface area contributed by atoms with E-state index in [0.717, 1.165) is 0 Å². The number of nitrogens with one attached hydrogen (secondary N) is 3. The van der Waals surface area contributed by atoms with Gasteiger partial charge in [0.2, 0.25) is 22.7 Å². The highest BCUT2D eigenvalue weighted by Gasteiger charge is 2.70. The molecular formula is C14H37N3P3+3. The largest absolute Gasteiger partial charge is 0.229 e. The van der Waals surface area contributed by atoms with Gasteiger partial charge in [0.15, 0.2) is 0 Å². The SMILES string of the molecule is CC(C)[P+]1(C(C)C)N[P+](C)(C)N[P+](C(C)C)(C(C)C)N1. The lowest BCUT2D eigenvalue weighted by atomic mass is 10.5. The molecule has 1 aliphatic heterocycles. The van der Waals surface area contributed by atoms with Crippen LogP contribution in [0.3, 0.4) is 0 Å². The average Bonchev–Trinajstić information content (AvgIpc) is 2.25. The fourth-order valence-electron chi connectivity index (χ4n) is 3.28. The molecule has 0 aromatic carbocycles. The summed E-state index contributed by atoms with van der Waals surface area (Å²) >= 11 is 0. The Morgan fingerprint density at radius 2 is 0.750 bits per heavy atom. The highest BCUT2D eigenvalue weighted by molar-refractivity contribution is 8.01. The maximum absolute atomic E-state index is 4.26. The van der Waals surface area contributed by atoms with Gasteiger partial charge in [-0.2, -0.15) is 0 Å². The van der Waals surface area contributed by atoms with Crippen LogP contribution >= 0.6 is 22.7 Å². The lowest BCUT2D eigenvalue weighted by molar-refractivity contribution is 0.892. The summed E-state index contributed by atoms with van der Waals surface area (Å²) in [6.07, 6.45) is 0. The van der Waals surface area contributed by atoms with Gasteiger partial charge in [-0.15, -0.1) is 0 Å². The molecule has 1 rings (SSSR count). The highest BCUT2D eigenvalue weighted by Crippen LogP contribution is 2.83. The van der Waals surface area contributed by atoms with Crippen molar-refractivity contribution in [1.29, 1.82) is 0 Å². The molecule has 0 saturated carbocycles. The molecule has 120 valence electrons. The standard InChI is InChI=1S/C14H37N3P3/c1-11(2)19(12(3)4)15-18(9,10)16-20(17-19,13(5)6)14(7)8/h11-17H,1-10H3/q+3. The third-order valence-electron chi connectivity index (χ3n) is 4.42. The molecule has 1 heterocycles. The first-order valence-corrected chi connectivity index (χ1v) is 14.4. The van der Waals surface area contributed by atoms with E-state index < -0.39 is 22.7 Å². The first-order chi connectivity index (χ1) is 8.89. The zero-order valence-corrected chi connectivity index (χ0v) is 17.8. The van der Waals surface area contributed by atoms with E-state index >= 15 is 0 Å². The Kier molecular flexibility index (Phi) is 6.10. The Hall–Kier alpha value is 1.17. The van der Waals surface area contributed by atoms with E-state index in [0.29, 0.717) is 22.6 Å². The highest BCUT2D eigenvalue weighted by atomic mass is 31.3. The van der Waals surface area contributed by atoms with Crippen LogP contribution in [0.2, 0.25) is 0 Å². The van der Waals surface area contributed by atoms with E-state index in [-0.39, 0.29) is 0 Å². The van der Waals surface area contributed by atoms with Gasteiger partial charge in [-0.1, -0.05) is 0 Å². The third-order valence-corrected chi connectivity index (χ3v) is 20.2. The fourth-order valence-corrected chi connectivity index (χ4v) is 23.6. The molecule has 6 heteroatoms. The normalized spacial score (nSPS) is 24.9. The Bertz CT molecular complexity index is 295. The van der Waals surface area contributed by atoms with Gasteiger partial charge in [-0.25, -0.2) is 0 Å². The van der Waals surface area contributed by atoms with Gasteiger partial charge < -0.3 is 0 Å². The molecule has 0 aromatic rings. The van der Waals surface area contributed by atoms with E-state index in [2.05, 4.69) is 83.3 Å². The molecule has 1 aliphatic rings. The van der Waals surface area contributed by atoms with Crippen LogP contribution in [0.5, 0.6) is 0 Å². The summed E-state index contributed by atoms with van der Waals surface area (Å²) in [5, 5.41) is 0. The first kappa shape index (κ1) is 19.2. The summed E-state index contributed by atoms with van der Waals surface area (Å²) in [5.41, 5.74) is 2.72. The molecule has 0 amide bonds. The first-order valence-electron chi connectivity index (χ1n) is 7.89. The van der Waals surface area contributed by atoms with Crippen molar-refractivity contribution in [2.75, 3.05) is 13.3 Å². The van der Waals surface area contributed by atoms with Gasteiger partial charge in [-0.3, -0.25) is 0 Å². The average molecular weight is 340 g/mol. The van der Waals surface area contributed by atoms with Crippen LogP contribution in [-0.2, 0) is 0 Å². The molecule has 0 atom stereocenters. The molecule has 1 fully saturated rings. The summed E-state index contributed by atoms with van der Waals surface area (Å²) < 4.78 is 0. The molecule has 0 unspecified atom stereocenters. The van der Waals surface area contributed by atoms with Crippen LogP contribution in [0, 0.1) is 0 Å². The van der Waals surface area contributed by atoms with Crippen LogP contribution in [0.4, 0.5) is 0 Å². The van der Waals surface area contributed by atoms with Crippen molar-refractivity contribution >= 4 is 22.7 Å². The van der Waals surface area contributed by atoms with Crippen molar-refractivity contribution < 1.29 is 0 Å². The van der Waals surface area contributed by atoms with Gasteiger partial charge in [0.25, 0.3) is 0 Å². The van der Waals surface area contributed by atoms with Crippen LogP contribution in [0.25, 0.3) is 0 Å². The second kappa shape index (κ2) is 6.35. The van der Waals surface area contributed by atoms with Crippen molar-refractivity contribution in [3.8, 4) is 0 Å². The van der Waals surface area contributed by atoms with E-state index in [4.69, 9.17) is 0 Å². The lowest BCUT2D eigenvalue weighted by Crippen LogP contribution is -2.51. The predicted molar refractivity (Wildman–Crippen MR) is 103 cm³/mol. The monoisotopic (exact) mass is 340 g/mol. The van der Waals surface area contributed by atoms with Gasteiger partial charge in [0, 0.05) is 0 Å². The minimum absolute atomic E-state index is 0.681. The predicted octanol–water partition coefficient (Wildman–Crippen LogP) is 5.20. The molecule has 0 spiro atoms. The quantitative estimate of drug-likeness (QED) is 0.615. The molecule has 0 bridgehead atoms. The van der Waals surface area contributed by atoms with Crippen molar-refractivity contribution in [2.45, 2.75) is 78.0 Å². The lowest BCUT2D eigenvalue weighted by Gasteiger charge is -2.46. The summed E-state index contributed by atoms with van der Waals surface area (Å²) in [6.45, 7) is 24.0. The van der Waals surface area contributed by atoms with Crippen molar-refractivity contribution in [1.82, 2.24) is 14.6 Å². The number of hydrogen-bond acceptors (Lipinski definition) is 3. The van der Waals surface area contributed by atoms with Gasteiger partial charge >= 0.3 is 0 Å². The van der Waals surface area contributed by atoms with E-state index in [9.17, 15) is 0 Å². The Morgan fingerprint density at radius 3 is 0.950 bits per heavy atom. The Balaban J connectivity index is 3.38. The van der Waals surface area contributed by atoms with Gasteiger partial charge in [0.05, 0.1) is 13.3 Å². The Morgan fingerprint density at radius 1 is 0.500 bits per heavy atom. The van der Waals surface area contributed by atoms with Crippen LogP contribution in [0.1, 0.15) is 55.4 Å². The second-order valence-electron chi connectivity index (χ2n) is 7.68. The zero-order valence-electron chi connectivity index (χ0n) is 15.2. The number of hydrogen-bond donors (Lipinski definition) is 3. The molecule has 0 radical (unpaired) electrons. The fraction of sp³-hybridized carbons (Fsp3) is 1.00. The Labute approximate surface area is 129 Å². The van der Waals surface area contributed by atoms with E-state index in [1.54, 1.807) is 0 Å². The molecule has 20 heavy (non-hydrogen) atoms. The summed E-state index contributed by atoms with van der Waals surface area (Å²) in [6, 6.07) is 0. The van der Waals surface area contributed by atoms with E-state index in [1.165, 1.54) is 0 Å². The van der Waals surface area contributed by atoms with Crippen molar-refractivity contribution in [2.24, 2.45) is 0 Å². The molecule has 1 saturated heterocycles. The van der Waals surface area contributed by atoms with E-state index in [1.807, 2.05) is 0 Å². The zero-order chi connectivity index (χ0) is 15.9. The van der Waals surface area contributed by atoms with Crippen LogP contribution in [-0.4, -0.2) is 36.0 Å². The topological polar surface area (TPSA) is 36.1 Å². The van der Waals surface area contributed by atoms with Crippen molar-refractivity contribution in [3.05, 3.63) is 0 Å². The van der Waals surface area contributed by atoms with Crippen LogP contribution < -0.4 is 14.6 Å². The smallest absolute Gasteiger partial charge is 0.0353 e. The molecule has 0 aliphatic carbocycles. The molecule has 3 nitrogen and oxygen atoms in total. The third kappa shape index (κ3) is 3.40. The maximum Gasteiger partial charge on any atom is 0.229 e. The molecule has 3 N–H and O–H groups in total. The summed E-state index contributed by atoms with van der Waals surface area (Å²) in [7, 11) is -3.96. The van der Waals surface area contributed by atoms with Gasteiger partial charge in [-0.05, 0) is 70.0 Å².